The maximum atomic E-state index is 11.5. The first-order valence-corrected chi connectivity index (χ1v) is 8.52. The molecule has 0 aliphatic carbocycles. The van der Waals surface area contributed by atoms with Gasteiger partial charge in [0.1, 0.15) is 5.75 Å². The fourth-order valence-electron chi connectivity index (χ4n) is 2.47. The Balaban J connectivity index is 2.05. The van der Waals surface area contributed by atoms with Gasteiger partial charge in [0.15, 0.2) is 0 Å². The predicted octanol–water partition coefficient (Wildman–Crippen LogP) is 2.57. The molecule has 0 bridgehead atoms. The summed E-state index contributed by atoms with van der Waals surface area (Å²) < 4.78 is 17.3. The highest BCUT2D eigenvalue weighted by Gasteiger charge is 2.20. The predicted molar refractivity (Wildman–Crippen MR) is 80.2 cm³/mol. The minimum absolute atomic E-state index is 0.325. The third kappa shape index (κ3) is 3.80. The highest BCUT2D eigenvalue weighted by molar-refractivity contribution is 7.84. The molecule has 0 saturated heterocycles. The van der Waals surface area contributed by atoms with Gasteiger partial charge < -0.3 is 10.1 Å². The normalized spacial score (nSPS) is 20.2. The van der Waals surface area contributed by atoms with Crippen molar-refractivity contribution in [1.29, 1.82) is 0 Å². The van der Waals surface area contributed by atoms with E-state index in [2.05, 4.69) is 30.4 Å². The largest absolute Gasteiger partial charge is 0.493 e. The quantitative estimate of drug-likeness (QED) is 0.901. The molecule has 0 fully saturated rings. The van der Waals surface area contributed by atoms with Crippen molar-refractivity contribution in [1.82, 2.24) is 5.32 Å². The summed E-state index contributed by atoms with van der Waals surface area (Å²) in [6, 6.07) is 6.64. The van der Waals surface area contributed by atoms with Crippen LogP contribution in [0.4, 0.5) is 0 Å². The van der Waals surface area contributed by atoms with Gasteiger partial charge in [0, 0.05) is 40.5 Å². The molecule has 0 saturated carbocycles. The molecule has 0 aromatic heterocycles. The van der Waals surface area contributed by atoms with Gasteiger partial charge in [-0.2, -0.15) is 0 Å². The summed E-state index contributed by atoms with van der Waals surface area (Å²) in [5, 5.41) is 3.54. The first-order chi connectivity index (χ1) is 9.22. The van der Waals surface area contributed by atoms with E-state index >= 15 is 0 Å². The summed E-state index contributed by atoms with van der Waals surface area (Å²) in [4.78, 5) is 0. The fourth-order valence-corrected chi connectivity index (χ4v) is 3.10. The van der Waals surface area contributed by atoms with Crippen LogP contribution in [0.3, 0.4) is 0 Å². The van der Waals surface area contributed by atoms with Crippen LogP contribution in [-0.2, 0) is 10.8 Å². The lowest BCUT2D eigenvalue weighted by Gasteiger charge is -2.19. The van der Waals surface area contributed by atoms with E-state index in [4.69, 9.17) is 4.74 Å². The highest BCUT2D eigenvalue weighted by atomic mass is 32.2. The highest BCUT2D eigenvalue weighted by Crippen LogP contribution is 2.33. The van der Waals surface area contributed by atoms with Crippen molar-refractivity contribution in [3.63, 3.8) is 0 Å². The summed E-state index contributed by atoms with van der Waals surface area (Å²) in [6.07, 6.45) is 2.14. The number of benzene rings is 1. The molecule has 0 spiro atoms. The molecule has 4 heteroatoms. The van der Waals surface area contributed by atoms with Crippen molar-refractivity contribution in [3.8, 4) is 5.75 Å². The molecule has 3 nitrogen and oxygen atoms in total. The second-order valence-corrected chi connectivity index (χ2v) is 6.79. The molecule has 1 aliphatic heterocycles. The van der Waals surface area contributed by atoms with E-state index in [-0.39, 0.29) is 0 Å². The Hall–Kier alpha value is -0.870. The van der Waals surface area contributed by atoms with Crippen LogP contribution in [0, 0.1) is 6.92 Å². The summed E-state index contributed by atoms with van der Waals surface area (Å²) in [7, 11) is -0.692. The van der Waals surface area contributed by atoms with E-state index in [1.807, 2.05) is 6.92 Å². The van der Waals surface area contributed by atoms with Crippen LogP contribution in [0.1, 0.15) is 36.9 Å². The van der Waals surface area contributed by atoms with Crippen LogP contribution in [-0.4, -0.2) is 28.9 Å². The molecule has 19 heavy (non-hydrogen) atoms. The average Bonchev–Trinajstić information content (AvgIpc) is 2.62. The fraction of sp³-hybridized carbons (Fsp3) is 0.600. The Labute approximate surface area is 118 Å². The molecule has 2 rings (SSSR count). The molecule has 1 aromatic rings. The monoisotopic (exact) mass is 281 g/mol. The zero-order chi connectivity index (χ0) is 13.7. The Morgan fingerprint density at radius 2 is 2.32 bits per heavy atom. The third-order valence-electron chi connectivity index (χ3n) is 3.54. The third-order valence-corrected chi connectivity index (χ3v) is 4.85. The van der Waals surface area contributed by atoms with E-state index in [0.29, 0.717) is 6.04 Å². The number of aryl methyl sites for hydroxylation is 1. The van der Waals surface area contributed by atoms with Crippen molar-refractivity contribution in [3.05, 3.63) is 29.3 Å². The van der Waals surface area contributed by atoms with Crippen LogP contribution in [0.25, 0.3) is 0 Å². The summed E-state index contributed by atoms with van der Waals surface area (Å²) in [5.41, 5.74) is 2.45. The molecule has 1 N–H and O–H groups in total. The Kier molecular flexibility index (Phi) is 5.40. The van der Waals surface area contributed by atoms with Gasteiger partial charge in [-0.3, -0.25) is 4.21 Å². The second-order valence-electron chi connectivity index (χ2n) is 4.92. The second kappa shape index (κ2) is 7.06. The van der Waals surface area contributed by atoms with Gasteiger partial charge in [-0.05, 0) is 25.3 Å². The minimum atomic E-state index is -0.692. The Bertz CT molecular complexity index is 448. The van der Waals surface area contributed by atoms with Crippen LogP contribution < -0.4 is 10.1 Å². The molecule has 0 radical (unpaired) electrons. The lowest BCUT2D eigenvalue weighted by molar-refractivity contribution is 0.313. The molecule has 2 atom stereocenters. The van der Waals surface area contributed by atoms with Crippen LogP contribution in [0.5, 0.6) is 5.75 Å². The van der Waals surface area contributed by atoms with E-state index in [0.717, 1.165) is 43.2 Å². The van der Waals surface area contributed by atoms with Gasteiger partial charge in [0.2, 0.25) is 0 Å². The van der Waals surface area contributed by atoms with E-state index in [9.17, 15) is 4.21 Å². The van der Waals surface area contributed by atoms with Gasteiger partial charge >= 0.3 is 0 Å². The molecule has 1 aliphatic rings. The van der Waals surface area contributed by atoms with Crippen molar-refractivity contribution in [2.45, 2.75) is 32.7 Å². The van der Waals surface area contributed by atoms with E-state index < -0.39 is 10.8 Å². The summed E-state index contributed by atoms with van der Waals surface area (Å²) in [6.45, 7) is 5.65. The van der Waals surface area contributed by atoms with Crippen LogP contribution in [0.2, 0.25) is 0 Å². The lowest BCUT2D eigenvalue weighted by atomic mass is 10.00. The topological polar surface area (TPSA) is 38.3 Å². The van der Waals surface area contributed by atoms with Gasteiger partial charge in [-0.1, -0.05) is 25.1 Å². The van der Waals surface area contributed by atoms with Gasteiger partial charge in [-0.25, -0.2) is 0 Å². The summed E-state index contributed by atoms with van der Waals surface area (Å²) >= 11 is 0. The number of ether oxygens (including phenoxy) is 1. The van der Waals surface area contributed by atoms with Gasteiger partial charge in [-0.15, -0.1) is 0 Å². The Morgan fingerprint density at radius 1 is 1.47 bits per heavy atom. The van der Waals surface area contributed by atoms with Crippen molar-refractivity contribution in [2.75, 3.05) is 24.7 Å². The standard InChI is InChI=1S/C15H23NO2S/c1-3-19(17)11-9-16-14-8-5-10-18-15-12(2)6-4-7-13(14)15/h4,6-7,14,16H,3,5,8-11H2,1-2H3. The first kappa shape index (κ1) is 14.5. The van der Waals surface area contributed by atoms with E-state index in [1.54, 1.807) is 0 Å². The average molecular weight is 281 g/mol. The lowest BCUT2D eigenvalue weighted by Crippen LogP contribution is -2.26. The smallest absolute Gasteiger partial charge is 0.126 e. The molecule has 1 heterocycles. The molecular weight excluding hydrogens is 258 g/mol. The van der Waals surface area contributed by atoms with Gasteiger partial charge in [0.25, 0.3) is 0 Å². The maximum absolute atomic E-state index is 11.5. The van der Waals surface area contributed by atoms with Crippen LogP contribution >= 0.6 is 0 Å². The number of rotatable bonds is 5. The van der Waals surface area contributed by atoms with Crippen LogP contribution in [0.15, 0.2) is 18.2 Å². The number of fused-ring (bicyclic) bond motifs is 1. The van der Waals surface area contributed by atoms with E-state index in [1.165, 1.54) is 11.1 Å². The zero-order valence-electron chi connectivity index (χ0n) is 11.8. The number of hydrogen-bond acceptors (Lipinski definition) is 3. The number of nitrogens with one attached hydrogen (secondary N) is 1. The first-order valence-electron chi connectivity index (χ1n) is 7.03. The van der Waals surface area contributed by atoms with Gasteiger partial charge in [0.05, 0.1) is 6.61 Å². The minimum Gasteiger partial charge on any atom is -0.493 e. The van der Waals surface area contributed by atoms with Crippen molar-refractivity contribution >= 4 is 10.8 Å². The molecule has 106 valence electrons. The molecule has 0 amide bonds. The van der Waals surface area contributed by atoms with Crippen molar-refractivity contribution in [2.24, 2.45) is 0 Å². The Morgan fingerprint density at radius 3 is 3.11 bits per heavy atom. The SMILES string of the molecule is CCS(=O)CCNC1CCCOc2c(C)cccc21. The zero-order valence-corrected chi connectivity index (χ0v) is 12.6. The molecule has 1 aromatic carbocycles. The van der Waals surface area contributed by atoms with Crippen molar-refractivity contribution < 1.29 is 8.95 Å². The number of para-hydroxylation sites is 1. The molecular formula is C15H23NO2S. The number of hydrogen-bond donors (Lipinski definition) is 1. The molecule has 2 unspecified atom stereocenters. The maximum Gasteiger partial charge on any atom is 0.126 e. The summed E-state index contributed by atoms with van der Waals surface area (Å²) in [5.74, 6) is 2.51.